The van der Waals surface area contributed by atoms with Crippen LogP contribution in [0, 0.1) is 5.82 Å². The van der Waals surface area contributed by atoms with E-state index in [0.29, 0.717) is 12.4 Å². The highest BCUT2D eigenvalue weighted by Crippen LogP contribution is 2.39. The Morgan fingerprint density at radius 1 is 1.06 bits per heavy atom. The van der Waals surface area contributed by atoms with Gasteiger partial charge in [-0.1, -0.05) is 30.9 Å². The maximum absolute atomic E-state index is 15.1. The van der Waals surface area contributed by atoms with Gasteiger partial charge in [0.2, 0.25) is 11.8 Å². The van der Waals surface area contributed by atoms with E-state index in [9.17, 15) is 9.59 Å². The van der Waals surface area contributed by atoms with Gasteiger partial charge in [0.1, 0.15) is 5.75 Å². The Balaban J connectivity index is 1.16. The zero-order valence-electron chi connectivity index (χ0n) is 26.8. The van der Waals surface area contributed by atoms with Gasteiger partial charge in [-0.15, -0.1) is 11.3 Å². The van der Waals surface area contributed by atoms with Gasteiger partial charge >= 0.3 is 0 Å². The summed E-state index contributed by atoms with van der Waals surface area (Å²) in [6, 6.07) is 17.3. The number of benzene rings is 2. The number of carbonyl (C=O) groups is 2. The molecule has 0 spiro atoms. The number of methoxy groups -OCH3 is 1. The van der Waals surface area contributed by atoms with Gasteiger partial charge in [0.15, 0.2) is 11.6 Å². The molecule has 0 saturated heterocycles. The number of ether oxygens (including phenoxy) is 2. The number of nitrogens with zero attached hydrogens (tertiary/aromatic N) is 3. The van der Waals surface area contributed by atoms with Gasteiger partial charge in [-0.2, -0.15) is 0 Å². The second-order valence-electron chi connectivity index (χ2n) is 11.2. The molecule has 5 rings (SSSR count). The Kier molecular flexibility index (Phi) is 11.7. The number of anilines is 2. The third kappa shape index (κ3) is 9.03. The molecular formula is C36H40FN5O4S. The largest absolute Gasteiger partial charge is 0.453 e. The van der Waals surface area contributed by atoms with Crippen molar-refractivity contribution in [2.45, 2.75) is 25.7 Å². The molecule has 1 aliphatic rings. The molecule has 0 aliphatic carbocycles. The van der Waals surface area contributed by atoms with Crippen molar-refractivity contribution >= 4 is 50.3 Å². The Morgan fingerprint density at radius 2 is 1.89 bits per heavy atom. The predicted octanol–water partition coefficient (Wildman–Crippen LogP) is 6.84. The summed E-state index contributed by atoms with van der Waals surface area (Å²) in [6.45, 7) is 8.35. The van der Waals surface area contributed by atoms with E-state index in [0.717, 1.165) is 65.5 Å². The van der Waals surface area contributed by atoms with Crippen LogP contribution in [0.1, 0.15) is 30.6 Å². The lowest BCUT2D eigenvalue weighted by Gasteiger charge is -2.30. The molecule has 0 saturated carbocycles. The molecule has 1 aliphatic heterocycles. The van der Waals surface area contributed by atoms with Crippen LogP contribution in [0.25, 0.3) is 15.8 Å². The van der Waals surface area contributed by atoms with Crippen LogP contribution in [-0.2, 0) is 14.3 Å². The summed E-state index contributed by atoms with van der Waals surface area (Å²) in [4.78, 5) is 34.5. The Hall–Kier alpha value is -4.58. The lowest BCUT2D eigenvalue weighted by atomic mass is 10.1. The van der Waals surface area contributed by atoms with E-state index in [1.165, 1.54) is 22.6 Å². The third-order valence-corrected chi connectivity index (χ3v) is 9.16. The van der Waals surface area contributed by atoms with E-state index >= 15 is 4.39 Å². The maximum atomic E-state index is 15.1. The topological polar surface area (TPSA) is 96.0 Å². The van der Waals surface area contributed by atoms with E-state index in [1.54, 1.807) is 43.8 Å². The number of aromatic nitrogens is 1. The molecule has 0 atom stereocenters. The van der Waals surface area contributed by atoms with Crippen LogP contribution in [0.4, 0.5) is 15.8 Å². The van der Waals surface area contributed by atoms with Crippen LogP contribution in [0.15, 0.2) is 85.2 Å². The first-order valence-corrected chi connectivity index (χ1v) is 16.4. The Labute approximate surface area is 278 Å². The molecular weight excluding hydrogens is 617 g/mol. The van der Waals surface area contributed by atoms with Gasteiger partial charge in [0.05, 0.1) is 16.8 Å². The smallest absolute Gasteiger partial charge is 0.227 e. The molecule has 0 radical (unpaired) electrons. The summed E-state index contributed by atoms with van der Waals surface area (Å²) in [5.41, 5.74) is 4.19. The maximum Gasteiger partial charge on any atom is 0.227 e. The van der Waals surface area contributed by atoms with Gasteiger partial charge in [-0.3, -0.25) is 14.6 Å². The Bertz CT molecular complexity index is 1740. The number of amides is 2. The second kappa shape index (κ2) is 16.3. The highest BCUT2D eigenvalue weighted by atomic mass is 32.1. The number of carbonyl (C=O) groups excluding carboxylic acids is 2. The number of nitrogens with one attached hydrogen (secondary N) is 2. The summed E-state index contributed by atoms with van der Waals surface area (Å²) < 4.78 is 27.1. The summed E-state index contributed by atoms with van der Waals surface area (Å²) in [7, 11) is 3.37. The molecule has 2 amide bonds. The van der Waals surface area contributed by atoms with Gasteiger partial charge in [0, 0.05) is 93.5 Å². The summed E-state index contributed by atoms with van der Waals surface area (Å²) in [6.07, 6.45) is 5.67. The third-order valence-electron chi connectivity index (χ3n) is 7.94. The van der Waals surface area contributed by atoms with Gasteiger partial charge in [-0.25, -0.2) is 4.39 Å². The van der Waals surface area contributed by atoms with Crippen molar-refractivity contribution in [3.8, 4) is 11.5 Å². The first-order chi connectivity index (χ1) is 22.8. The first kappa shape index (κ1) is 33.8. The summed E-state index contributed by atoms with van der Waals surface area (Å²) in [5.74, 6) is -0.641. The molecule has 2 aromatic heterocycles. The molecule has 2 aromatic carbocycles. The van der Waals surface area contributed by atoms with Gasteiger partial charge < -0.3 is 29.9 Å². The lowest BCUT2D eigenvalue weighted by molar-refractivity contribution is -0.122. The molecule has 0 bridgehead atoms. The van der Waals surface area contributed by atoms with Crippen LogP contribution in [-0.4, -0.2) is 68.6 Å². The molecule has 246 valence electrons. The highest BCUT2D eigenvalue weighted by Gasteiger charge is 2.19. The quantitative estimate of drug-likeness (QED) is 0.135. The zero-order valence-corrected chi connectivity index (χ0v) is 27.6. The van der Waals surface area contributed by atoms with Crippen molar-refractivity contribution in [3.05, 3.63) is 95.9 Å². The number of hydrogen-bond acceptors (Lipinski definition) is 8. The molecule has 2 N–H and O–H groups in total. The summed E-state index contributed by atoms with van der Waals surface area (Å²) in [5, 5.41) is 6.03. The molecule has 0 fully saturated rings. The molecule has 3 heterocycles. The average Bonchev–Trinajstić information content (AvgIpc) is 3.54. The average molecular weight is 658 g/mol. The van der Waals surface area contributed by atoms with E-state index < -0.39 is 5.82 Å². The fourth-order valence-corrected chi connectivity index (χ4v) is 6.34. The van der Waals surface area contributed by atoms with Gasteiger partial charge in [-0.05, 0) is 48.7 Å². The van der Waals surface area contributed by atoms with Crippen molar-refractivity contribution in [2.24, 2.45) is 0 Å². The SMILES string of the molecule is C=C(CCNCCOC)N1CC=C(c2cc3nccc(Oc4ccc(NC(=O)CCC(=O)N(C)c5ccccc5)cc4F)c3s2)CC1. The van der Waals surface area contributed by atoms with Crippen molar-refractivity contribution in [3.63, 3.8) is 0 Å². The van der Waals surface area contributed by atoms with E-state index in [2.05, 4.69) is 39.2 Å². The second-order valence-corrected chi connectivity index (χ2v) is 12.3. The van der Waals surface area contributed by atoms with Crippen LogP contribution >= 0.6 is 11.3 Å². The minimum absolute atomic E-state index is 0.0262. The number of rotatable bonds is 15. The standard InChI is InChI=1S/C36H40FN5O4S/c1-25(13-17-38-19-22-45-3)42-20-15-26(16-21-42)33-24-30-36(47-33)32(14-18-39-30)46-31-10-9-27(23-29(31)37)40-34(43)11-12-35(44)41(2)28-7-5-4-6-8-28/h4-10,14-15,18,23-24,38H,1,11-13,16-17,19-22H2,2-3H3,(H,40,43). The number of halogens is 1. The van der Waals surface area contributed by atoms with Crippen LogP contribution in [0.3, 0.4) is 0 Å². The number of pyridine rings is 1. The van der Waals surface area contributed by atoms with Crippen LogP contribution < -0.4 is 20.3 Å². The van der Waals surface area contributed by atoms with Crippen molar-refractivity contribution in [2.75, 3.05) is 57.2 Å². The lowest BCUT2D eigenvalue weighted by Crippen LogP contribution is -2.29. The van der Waals surface area contributed by atoms with E-state index in [-0.39, 0.29) is 36.1 Å². The molecule has 47 heavy (non-hydrogen) atoms. The van der Waals surface area contributed by atoms with Crippen LogP contribution in [0.2, 0.25) is 0 Å². The first-order valence-electron chi connectivity index (χ1n) is 15.6. The minimum Gasteiger partial charge on any atom is -0.453 e. The van der Waals surface area contributed by atoms with Crippen LogP contribution in [0.5, 0.6) is 11.5 Å². The monoisotopic (exact) mass is 657 g/mol. The highest BCUT2D eigenvalue weighted by molar-refractivity contribution is 7.20. The predicted molar refractivity (Wildman–Crippen MR) is 186 cm³/mol. The molecule has 4 aromatic rings. The number of hydrogen-bond donors (Lipinski definition) is 2. The fraction of sp³-hybridized carbons (Fsp3) is 0.306. The minimum atomic E-state index is -0.617. The van der Waals surface area contributed by atoms with Crippen molar-refractivity contribution in [1.29, 1.82) is 0 Å². The van der Waals surface area contributed by atoms with Gasteiger partial charge in [0.25, 0.3) is 0 Å². The number of fused-ring (bicyclic) bond motifs is 1. The zero-order chi connectivity index (χ0) is 33.2. The molecule has 0 unspecified atom stereocenters. The van der Waals surface area contributed by atoms with Crippen molar-refractivity contribution in [1.82, 2.24) is 15.2 Å². The van der Waals surface area contributed by atoms with Crippen molar-refractivity contribution < 1.29 is 23.5 Å². The van der Waals surface area contributed by atoms with E-state index in [1.807, 2.05) is 30.3 Å². The molecule has 9 nitrogen and oxygen atoms in total. The molecule has 11 heteroatoms. The number of thiophene rings is 1. The Morgan fingerprint density at radius 3 is 2.64 bits per heavy atom. The van der Waals surface area contributed by atoms with E-state index in [4.69, 9.17) is 9.47 Å². The fourth-order valence-electron chi connectivity index (χ4n) is 5.21. The number of para-hydroxylation sites is 1. The normalized spacial score (nSPS) is 12.9. The summed E-state index contributed by atoms with van der Waals surface area (Å²) >= 11 is 1.58.